The Hall–Kier alpha value is -1.30. The van der Waals surface area contributed by atoms with Gasteiger partial charge in [0.05, 0.1) is 17.9 Å². The van der Waals surface area contributed by atoms with E-state index >= 15 is 0 Å². The molecule has 0 amide bonds. The largest absolute Gasteiger partial charge is 0.475 e. The second-order valence-corrected chi connectivity index (χ2v) is 3.31. The van der Waals surface area contributed by atoms with E-state index < -0.39 is 11.7 Å². The average Bonchev–Trinajstić information content (AvgIpc) is 2.31. The first-order valence-corrected chi connectivity index (χ1v) is 5.65. The second kappa shape index (κ2) is 7.20. The Morgan fingerprint density at radius 2 is 1.83 bits per heavy atom. The molecule has 3 nitrogen and oxygen atoms in total. The van der Waals surface area contributed by atoms with Crippen LogP contribution in [0.5, 0.6) is 5.88 Å². The molecule has 0 fully saturated rings. The minimum absolute atomic E-state index is 0.0125. The number of ether oxygens (including phenoxy) is 1. The molecule has 0 atom stereocenters. The molecule has 0 aliphatic rings. The smallest absolute Gasteiger partial charge is 0.418 e. The number of hydrogen-bond acceptors (Lipinski definition) is 3. The Kier molecular flexibility index (Phi) is 6.68. The summed E-state index contributed by atoms with van der Waals surface area (Å²) in [6.07, 6.45) is -4.41. The summed E-state index contributed by atoms with van der Waals surface area (Å²) < 4.78 is 42.5. The zero-order valence-electron chi connectivity index (χ0n) is 10.9. The van der Waals surface area contributed by atoms with Gasteiger partial charge < -0.3 is 9.84 Å². The molecule has 0 aliphatic carbocycles. The van der Waals surface area contributed by atoms with Crippen molar-refractivity contribution in [2.45, 2.75) is 33.9 Å². The summed E-state index contributed by atoms with van der Waals surface area (Å²) >= 11 is 0. The van der Waals surface area contributed by atoms with E-state index in [1.165, 1.54) is 13.8 Å². The summed E-state index contributed by atoms with van der Waals surface area (Å²) in [4.78, 5) is 3.72. The molecule has 0 spiro atoms. The molecule has 1 N–H and O–H groups in total. The molecule has 0 saturated carbocycles. The molecular weight excluding hydrogens is 247 g/mol. The Labute approximate surface area is 105 Å². The highest BCUT2D eigenvalue weighted by Gasteiger charge is 2.33. The zero-order chi connectivity index (χ0) is 14.3. The van der Waals surface area contributed by atoms with E-state index in [9.17, 15) is 13.2 Å². The van der Waals surface area contributed by atoms with Gasteiger partial charge in [0.25, 0.3) is 0 Å². The molecule has 1 aromatic heterocycles. The number of halogens is 3. The van der Waals surface area contributed by atoms with Crippen molar-refractivity contribution in [3.8, 4) is 5.88 Å². The first-order chi connectivity index (χ1) is 8.36. The summed E-state index contributed by atoms with van der Waals surface area (Å²) in [7, 11) is 0. The highest BCUT2D eigenvalue weighted by Crippen LogP contribution is 2.33. The molecule has 1 heterocycles. The lowest BCUT2D eigenvalue weighted by Crippen LogP contribution is -2.12. The van der Waals surface area contributed by atoms with Crippen LogP contribution in [-0.4, -0.2) is 23.3 Å². The van der Waals surface area contributed by atoms with Crippen molar-refractivity contribution in [2.24, 2.45) is 0 Å². The van der Waals surface area contributed by atoms with Gasteiger partial charge in [-0.3, -0.25) is 0 Å². The molecule has 6 heteroatoms. The van der Waals surface area contributed by atoms with Crippen molar-refractivity contribution < 1.29 is 23.0 Å². The maximum atomic E-state index is 12.5. The molecule has 0 unspecified atom stereocenters. The van der Waals surface area contributed by atoms with Gasteiger partial charge in [0.15, 0.2) is 0 Å². The maximum absolute atomic E-state index is 12.5. The van der Waals surface area contributed by atoms with E-state index in [1.807, 2.05) is 13.8 Å². The van der Waals surface area contributed by atoms with Crippen molar-refractivity contribution in [3.05, 3.63) is 22.9 Å². The van der Waals surface area contributed by atoms with E-state index in [4.69, 9.17) is 9.84 Å². The molecule has 18 heavy (non-hydrogen) atoms. The van der Waals surface area contributed by atoms with Crippen LogP contribution in [0.15, 0.2) is 6.07 Å². The predicted octanol–water partition coefficient (Wildman–Crippen LogP) is 3.11. The SMILES string of the molecule is CC.Cc1cc(C(F)(F)F)c(C)nc1OCCO. The van der Waals surface area contributed by atoms with E-state index in [0.29, 0.717) is 5.56 Å². The van der Waals surface area contributed by atoms with Crippen LogP contribution in [0.3, 0.4) is 0 Å². The van der Waals surface area contributed by atoms with Crippen molar-refractivity contribution in [1.29, 1.82) is 0 Å². The first-order valence-electron chi connectivity index (χ1n) is 5.65. The van der Waals surface area contributed by atoms with E-state index in [0.717, 1.165) is 6.07 Å². The Morgan fingerprint density at radius 3 is 2.28 bits per heavy atom. The molecule has 1 aromatic rings. The standard InChI is InChI=1S/C10H12F3NO2.C2H6/c1-6-5-8(10(11,12)13)7(2)14-9(6)16-4-3-15;1-2/h5,15H,3-4H2,1-2H3;1-2H3. The topological polar surface area (TPSA) is 42.4 Å². The van der Waals surface area contributed by atoms with Gasteiger partial charge >= 0.3 is 6.18 Å². The molecule has 1 rings (SSSR count). The monoisotopic (exact) mass is 265 g/mol. The lowest BCUT2D eigenvalue weighted by molar-refractivity contribution is -0.138. The van der Waals surface area contributed by atoms with Crippen LogP contribution in [0, 0.1) is 13.8 Å². The third kappa shape index (κ3) is 4.52. The minimum Gasteiger partial charge on any atom is -0.475 e. The third-order valence-corrected chi connectivity index (χ3v) is 1.99. The van der Waals surface area contributed by atoms with Crippen molar-refractivity contribution in [3.63, 3.8) is 0 Å². The molecule has 0 saturated heterocycles. The van der Waals surface area contributed by atoms with Gasteiger partial charge in [-0.25, -0.2) is 4.98 Å². The van der Waals surface area contributed by atoms with E-state index in [-0.39, 0.29) is 24.8 Å². The van der Waals surface area contributed by atoms with E-state index in [1.54, 1.807) is 0 Å². The number of alkyl halides is 3. The average molecular weight is 265 g/mol. The van der Waals surface area contributed by atoms with Crippen LogP contribution in [-0.2, 0) is 6.18 Å². The third-order valence-electron chi connectivity index (χ3n) is 1.99. The highest BCUT2D eigenvalue weighted by atomic mass is 19.4. The predicted molar refractivity (Wildman–Crippen MR) is 62.6 cm³/mol. The number of aliphatic hydroxyl groups is 1. The summed E-state index contributed by atoms with van der Waals surface area (Å²) in [5, 5.41) is 8.54. The summed E-state index contributed by atoms with van der Waals surface area (Å²) in [5.74, 6) is 0.125. The minimum atomic E-state index is -4.41. The fraction of sp³-hybridized carbons (Fsp3) is 0.583. The van der Waals surface area contributed by atoms with E-state index in [2.05, 4.69) is 4.98 Å². The van der Waals surface area contributed by atoms with Gasteiger partial charge in [-0.1, -0.05) is 13.8 Å². The van der Waals surface area contributed by atoms with Gasteiger partial charge in [0.2, 0.25) is 5.88 Å². The number of pyridine rings is 1. The number of hydrogen-bond donors (Lipinski definition) is 1. The molecule has 0 bridgehead atoms. The first kappa shape index (κ1) is 16.7. The summed E-state index contributed by atoms with van der Waals surface area (Å²) in [6.45, 7) is 6.56. The van der Waals surface area contributed by atoms with Crippen LogP contribution in [0.25, 0.3) is 0 Å². The number of aliphatic hydroxyl groups excluding tert-OH is 1. The zero-order valence-corrected chi connectivity index (χ0v) is 10.9. The second-order valence-electron chi connectivity index (χ2n) is 3.31. The Morgan fingerprint density at radius 1 is 1.28 bits per heavy atom. The Bertz CT molecular complexity index is 378. The molecule has 104 valence electrons. The number of nitrogens with zero attached hydrogens (tertiary/aromatic N) is 1. The van der Waals surface area contributed by atoms with Gasteiger partial charge in [0, 0.05) is 5.56 Å². The van der Waals surface area contributed by atoms with Crippen LogP contribution < -0.4 is 4.74 Å². The van der Waals surface area contributed by atoms with Crippen LogP contribution >= 0.6 is 0 Å². The lowest BCUT2D eigenvalue weighted by atomic mass is 10.1. The fourth-order valence-corrected chi connectivity index (χ4v) is 1.26. The summed E-state index contributed by atoms with van der Waals surface area (Å²) in [5.41, 5.74) is -0.598. The van der Waals surface area contributed by atoms with Crippen LogP contribution in [0.4, 0.5) is 13.2 Å². The molecule has 0 aromatic carbocycles. The molecule has 0 aliphatic heterocycles. The molecule has 0 radical (unpaired) electrons. The van der Waals surface area contributed by atoms with Crippen LogP contribution in [0.1, 0.15) is 30.7 Å². The number of aromatic nitrogens is 1. The highest BCUT2D eigenvalue weighted by molar-refractivity contribution is 5.34. The lowest BCUT2D eigenvalue weighted by Gasteiger charge is -2.13. The Balaban J connectivity index is 0.00000137. The maximum Gasteiger partial charge on any atom is 0.418 e. The normalized spacial score (nSPS) is 10.7. The fourth-order valence-electron chi connectivity index (χ4n) is 1.26. The quantitative estimate of drug-likeness (QED) is 0.913. The summed E-state index contributed by atoms with van der Waals surface area (Å²) in [6, 6.07) is 0.995. The molecular formula is C12H18F3NO2. The number of aryl methyl sites for hydroxylation is 2. The van der Waals surface area contributed by atoms with Gasteiger partial charge in [-0.05, 0) is 19.9 Å². The van der Waals surface area contributed by atoms with Gasteiger partial charge in [-0.15, -0.1) is 0 Å². The van der Waals surface area contributed by atoms with Gasteiger partial charge in [-0.2, -0.15) is 13.2 Å². The van der Waals surface area contributed by atoms with Crippen molar-refractivity contribution in [2.75, 3.05) is 13.2 Å². The van der Waals surface area contributed by atoms with Crippen LogP contribution in [0.2, 0.25) is 0 Å². The van der Waals surface area contributed by atoms with Crippen molar-refractivity contribution >= 4 is 0 Å². The van der Waals surface area contributed by atoms with Gasteiger partial charge in [0.1, 0.15) is 6.61 Å². The van der Waals surface area contributed by atoms with Crippen molar-refractivity contribution in [1.82, 2.24) is 4.98 Å². The number of rotatable bonds is 3.